The molecule has 9 nitrogen and oxygen atoms in total. The van der Waals surface area contributed by atoms with Crippen molar-refractivity contribution in [3.05, 3.63) is 28.3 Å². The molecule has 0 saturated carbocycles. The highest BCUT2D eigenvalue weighted by molar-refractivity contribution is 6.33. The summed E-state index contributed by atoms with van der Waals surface area (Å²) >= 11 is 5.95. The van der Waals surface area contributed by atoms with Crippen LogP contribution in [-0.4, -0.2) is 44.5 Å². The lowest BCUT2D eigenvalue weighted by atomic mass is 10.1. The Labute approximate surface area is 135 Å². The van der Waals surface area contributed by atoms with Gasteiger partial charge in [0.05, 0.1) is 23.4 Å². The highest BCUT2D eigenvalue weighted by Gasteiger charge is 2.31. The smallest absolute Gasteiger partial charge is 0.293 e. The second-order valence-corrected chi connectivity index (χ2v) is 5.03. The van der Waals surface area contributed by atoms with Crippen LogP contribution in [0.4, 0.5) is 5.95 Å². The Bertz CT molecular complexity index is 830. The SMILES string of the molecule is COc1cc(/C=C2\C(=O)N(c3nn[nH]n3)N=C2C)cc(Cl)c1O. The summed E-state index contributed by atoms with van der Waals surface area (Å²) in [5, 5.41) is 28.1. The van der Waals surface area contributed by atoms with E-state index in [1.807, 2.05) is 0 Å². The molecule has 0 spiro atoms. The predicted molar refractivity (Wildman–Crippen MR) is 82.4 cm³/mol. The number of phenols is 1. The van der Waals surface area contributed by atoms with Gasteiger partial charge in [0, 0.05) is 0 Å². The van der Waals surface area contributed by atoms with Crippen LogP contribution in [0.3, 0.4) is 0 Å². The number of nitrogens with one attached hydrogen (secondary N) is 1. The molecule has 0 atom stereocenters. The lowest BCUT2D eigenvalue weighted by Gasteiger charge is -2.07. The molecule has 1 amide bonds. The molecule has 2 N–H and O–H groups in total. The summed E-state index contributed by atoms with van der Waals surface area (Å²) in [6.07, 6.45) is 1.59. The van der Waals surface area contributed by atoms with Crippen LogP contribution in [0.2, 0.25) is 5.02 Å². The molecule has 1 aliphatic heterocycles. The minimum atomic E-state index is -0.396. The van der Waals surface area contributed by atoms with E-state index in [1.165, 1.54) is 13.2 Å². The molecule has 0 fully saturated rings. The summed E-state index contributed by atoms with van der Waals surface area (Å²) in [5.74, 6) is -0.293. The first-order valence-electron chi connectivity index (χ1n) is 6.43. The maximum atomic E-state index is 12.4. The molecule has 0 bridgehead atoms. The van der Waals surface area contributed by atoms with Crippen molar-refractivity contribution >= 4 is 35.2 Å². The number of hydrogen-bond donors (Lipinski definition) is 2. The molecule has 0 radical (unpaired) electrons. The number of rotatable bonds is 3. The summed E-state index contributed by atoms with van der Waals surface area (Å²) in [6.45, 7) is 1.68. The number of aromatic amines is 1. The van der Waals surface area contributed by atoms with E-state index >= 15 is 0 Å². The number of aromatic hydroxyl groups is 1. The van der Waals surface area contributed by atoms with Crippen LogP contribution in [0.15, 0.2) is 22.8 Å². The van der Waals surface area contributed by atoms with Crippen molar-refractivity contribution in [3.8, 4) is 11.5 Å². The molecule has 1 aliphatic rings. The lowest BCUT2D eigenvalue weighted by molar-refractivity contribution is -0.114. The quantitative estimate of drug-likeness (QED) is 0.819. The second-order valence-electron chi connectivity index (χ2n) is 4.63. The van der Waals surface area contributed by atoms with E-state index in [4.69, 9.17) is 16.3 Å². The zero-order chi connectivity index (χ0) is 16.6. The van der Waals surface area contributed by atoms with Gasteiger partial charge in [0.2, 0.25) is 0 Å². The number of hydrogen-bond acceptors (Lipinski definition) is 7. The van der Waals surface area contributed by atoms with E-state index in [0.29, 0.717) is 16.8 Å². The highest BCUT2D eigenvalue weighted by atomic mass is 35.5. The summed E-state index contributed by atoms with van der Waals surface area (Å²) in [4.78, 5) is 12.4. The number of H-pyrrole nitrogens is 1. The largest absolute Gasteiger partial charge is 0.503 e. The van der Waals surface area contributed by atoms with E-state index in [1.54, 1.807) is 19.1 Å². The molecule has 10 heteroatoms. The number of ether oxygens (including phenoxy) is 1. The van der Waals surface area contributed by atoms with Gasteiger partial charge < -0.3 is 9.84 Å². The average Bonchev–Trinajstić information content (AvgIpc) is 3.14. The monoisotopic (exact) mass is 334 g/mol. The van der Waals surface area contributed by atoms with Crippen molar-refractivity contribution in [2.24, 2.45) is 5.10 Å². The van der Waals surface area contributed by atoms with Gasteiger partial charge in [-0.15, -0.1) is 5.10 Å². The molecular formula is C13H11ClN6O3. The van der Waals surface area contributed by atoms with Crippen molar-refractivity contribution in [1.29, 1.82) is 0 Å². The third-order valence-corrected chi connectivity index (χ3v) is 3.46. The molecule has 118 valence electrons. The van der Waals surface area contributed by atoms with Gasteiger partial charge in [-0.05, 0) is 35.9 Å². The van der Waals surface area contributed by atoms with Crippen LogP contribution in [0.5, 0.6) is 11.5 Å². The van der Waals surface area contributed by atoms with Crippen molar-refractivity contribution in [3.63, 3.8) is 0 Å². The van der Waals surface area contributed by atoms with Crippen LogP contribution in [0, 0.1) is 0 Å². The van der Waals surface area contributed by atoms with E-state index in [0.717, 1.165) is 5.01 Å². The molecule has 2 aromatic rings. The molecular weight excluding hydrogens is 324 g/mol. The highest BCUT2D eigenvalue weighted by Crippen LogP contribution is 2.36. The number of amides is 1. The molecule has 1 aromatic carbocycles. The van der Waals surface area contributed by atoms with Crippen LogP contribution in [0.1, 0.15) is 12.5 Å². The molecule has 0 unspecified atom stereocenters. The second kappa shape index (κ2) is 5.69. The van der Waals surface area contributed by atoms with E-state index in [9.17, 15) is 9.90 Å². The van der Waals surface area contributed by atoms with Crippen LogP contribution < -0.4 is 9.75 Å². The first-order chi connectivity index (χ1) is 11.0. The van der Waals surface area contributed by atoms with Crippen LogP contribution in [0.25, 0.3) is 6.08 Å². The molecule has 0 saturated heterocycles. The third-order valence-electron chi connectivity index (χ3n) is 3.17. The number of nitrogens with zero attached hydrogens (tertiary/aromatic N) is 5. The number of benzene rings is 1. The van der Waals surface area contributed by atoms with Gasteiger partial charge in [0.1, 0.15) is 0 Å². The Morgan fingerprint density at radius 2 is 2.22 bits per heavy atom. The standard InChI is InChI=1S/C13H11ClN6O3/c1-6-8(12(22)20(17-6)13-15-18-19-16-13)3-7-4-9(14)11(21)10(5-7)23-2/h3-5,21H,1-2H3,(H,15,16,18,19)/b8-3-. The number of phenolic OH excluding ortho intramolecular Hbond substituents is 1. The minimum absolute atomic E-state index is 0.0547. The zero-order valence-corrected chi connectivity index (χ0v) is 12.9. The Morgan fingerprint density at radius 3 is 2.87 bits per heavy atom. The first-order valence-corrected chi connectivity index (χ1v) is 6.80. The minimum Gasteiger partial charge on any atom is -0.503 e. The van der Waals surface area contributed by atoms with Gasteiger partial charge in [-0.2, -0.15) is 15.3 Å². The predicted octanol–water partition coefficient (Wildman–Crippen LogP) is 1.37. The third kappa shape index (κ3) is 2.61. The Morgan fingerprint density at radius 1 is 1.43 bits per heavy atom. The normalized spacial score (nSPS) is 16.1. The Balaban J connectivity index is 1.99. The fourth-order valence-electron chi connectivity index (χ4n) is 2.07. The maximum Gasteiger partial charge on any atom is 0.293 e. The number of carbonyl (C=O) groups excluding carboxylic acids is 1. The van der Waals surface area contributed by atoms with Crippen LogP contribution in [-0.2, 0) is 4.79 Å². The topological polar surface area (TPSA) is 117 Å². The van der Waals surface area contributed by atoms with Crippen LogP contribution >= 0.6 is 11.6 Å². The van der Waals surface area contributed by atoms with E-state index in [-0.39, 0.29) is 22.5 Å². The summed E-state index contributed by atoms with van der Waals surface area (Å²) < 4.78 is 5.04. The fraction of sp³-hybridized carbons (Fsp3) is 0.154. The molecule has 3 rings (SSSR count). The van der Waals surface area contributed by atoms with Crippen molar-refractivity contribution in [2.45, 2.75) is 6.92 Å². The number of hydrazone groups is 1. The summed E-state index contributed by atoms with van der Waals surface area (Å²) in [7, 11) is 1.41. The first kappa shape index (κ1) is 15.0. The van der Waals surface area contributed by atoms with Gasteiger partial charge in [0.25, 0.3) is 11.9 Å². The number of aromatic nitrogens is 4. The zero-order valence-electron chi connectivity index (χ0n) is 12.1. The Kier molecular flexibility index (Phi) is 3.70. The molecule has 0 aliphatic carbocycles. The number of tetrazole rings is 1. The Hall–Kier alpha value is -2.94. The molecule has 23 heavy (non-hydrogen) atoms. The number of methoxy groups -OCH3 is 1. The van der Waals surface area contributed by atoms with E-state index in [2.05, 4.69) is 25.7 Å². The van der Waals surface area contributed by atoms with Crippen molar-refractivity contribution < 1.29 is 14.6 Å². The average molecular weight is 335 g/mol. The maximum absolute atomic E-state index is 12.4. The van der Waals surface area contributed by atoms with Crippen molar-refractivity contribution in [2.75, 3.05) is 12.1 Å². The fourth-order valence-corrected chi connectivity index (χ4v) is 2.28. The lowest BCUT2D eigenvalue weighted by Crippen LogP contribution is -2.22. The number of anilines is 1. The number of carbonyl (C=O) groups is 1. The van der Waals surface area contributed by atoms with Gasteiger partial charge in [0.15, 0.2) is 11.5 Å². The van der Waals surface area contributed by atoms with Crippen molar-refractivity contribution in [1.82, 2.24) is 20.6 Å². The molecule has 2 heterocycles. The van der Waals surface area contributed by atoms with Gasteiger partial charge >= 0.3 is 0 Å². The summed E-state index contributed by atoms with van der Waals surface area (Å²) in [6, 6.07) is 3.08. The van der Waals surface area contributed by atoms with E-state index < -0.39 is 5.91 Å². The molecule has 1 aromatic heterocycles. The van der Waals surface area contributed by atoms with Gasteiger partial charge in [-0.1, -0.05) is 16.7 Å². The van der Waals surface area contributed by atoms with Gasteiger partial charge in [-0.25, -0.2) is 0 Å². The number of halogens is 1. The summed E-state index contributed by atoms with van der Waals surface area (Å²) in [5.41, 5.74) is 1.42. The van der Waals surface area contributed by atoms with Gasteiger partial charge in [-0.3, -0.25) is 4.79 Å².